The predicted molar refractivity (Wildman–Crippen MR) is 79.8 cm³/mol. The second-order valence-electron chi connectivity index (χ2n) is 4.46. The third kappa shape index (κ3) is 3.32. The van der Waals surface area contributed by atoms with Gasteiger partial charge < -0.3 is 10.8 Å². The molecule has 0 aliphatic rings. The maximum atomic E-state index is 12.2. The first-order chi connectivity index (χ1) is 9.79. The van der Waals surface area contributed by atoms with Crippen LogP contribution in [0, 0.1) is 0 Å². The molecule has 2 aromatic carbocycles. The van der Waals surface area contributed by atoms with Crippen molar-refractivity contribution in [2.24, 2.45) is 0 Å². The summed E-state index contributed by atoms with van der Waals surface area (Å²) in [7, 11) is -3.85. The summed E-state index contributed by atoms with van der Waals surface area (Å²) in [6.07, 6.45) is 0. The molecule has 7 heteroatoms. The molecule has 0 heterocycles. The molecule has 0 fully saturated rings. The molecule has 2 aromatic rings. The number of sulfonamides is 1. The molecule has 6 nitrogen and oxygen atoms in total. The molecule has 0 aromatic heterocycles. The smallest absolute Gasteiger partial charge is 0.261 e. The number of carbonyl (C=O) groups excluding carboxylic acids is 1. The number of phenols is 1. The minimum atomic E-state index is -3.85. The van der Waals surface area contributed by atoms with Crippen molar-refractivity contribution < 1.29 is 18.3 Å². The highest BCUT2D eigenvalue weighted by atomic mass is 32.2. The Bertz CT molecular complexity index is 800. The number of hydrogen-bond donors (Lipinski definition) is 3. The van der Waals surface area contributed by atoms with Crippen LogP contribution in [0.1, 0.15) is 17.3 Å². The van der Waals surface area contributed by atoms with Gasteiger partial charge in [0.1, 0.15) is 5.75 Å². The number of benzene rings is 2. The average molecular weight is 306 g/mol. The first-order valence-corrected chi connectivity index (χ1v) is 7.50. The van der Waals surface area contributed by atoms with Gasteiger partial charge in [-0.15, -0.1) is 0 Å². The van der Waals surface area contributed by atoms with Gasteiger partial charge in [-0.05, 0) is 37.3 Å². The van der Waals surface area contributed by atoms with E-state index in [1.807, 2.05) is 0 Å². The van der Waals surface area contributed by atoms with Crippen molar-refractivity contribution in [1.29, 1.82) is 0 Å². The summed E-state index contributed by atoms with van der Waals surface area (Å²) < 4.78 is 26.8. The summed E-state index contributed by atoms with van der Waals surface area (Å²) in [4.78, 5) is 11.2. The first-order valence-electron chi connectivity index (χ1n) is 6.02. The zero-order valence-electron chi connectivity index (χ0n) is 11.2. The lowest BCUT2D eigenvalue weighted by atomic mass is 10.1. The van der Waals surface area contributed by atoms with Crippen LogP contribution in [0.5, 0.6) is 5.75 Å². The summed E-state index contributed by atoms with van der Waals surface area (Å²) >= 11 is 0. The second-order valence-corrected chi connectivity index (χ2v) is 6.15. The molecule has 0 aliphatic heterocycles. The monoisotopic (exact) mass is 306 g/mol. The number of carbonyl (C=O) groups is 1. The molecule has 2 rings (SSSR count). The van der Waals surface area contributed by atoms with Crippen LogP contribution >= 0.6 is 0 Å². The Morgan fingerprint density at radius 3 is 2.52 bits per heavy atom. The Balaban J connectivity index is 2.35. The van der Waals surface area contributed by atoms with E-state index < -0.39 is 10.0 Å². The molecule has 0 radical (unpaired) electrons. The van der Waals surface area contributed by atoms with Crippen LogP contribution in [0.2, 0.25) is 0 Å². The molecule has 0 aliphatic carbocycles. The number of phenolic OH excluding ortho intramolecular Hbond substituents is 1. The molecule has 0 saturated heterocycles. The van der Waals surface area contributed by atoms with Gasteiger partial charge in [0.25, 0.3) is 10.0 Å². The number of nitrogens with one attached hydrogen (secondary N) is 1. The topological polar surface area (TPSA) is 109 Å². The van der Waals surface area contributed by atoms with Gasteiger partial charge in [-0.3, -0.25) is 9.52 Å². The standard InChI is InChI=1S/C14H14N2O4S/c1-9(17)10-3-2-4-11(7-10)16-21(19,20)12-5-6-14(18)13(15)8-12/h2-8,16,18H,15H2,1H3. The normalized spacial score (nSPS) is 11.1. The Labute approximate surface area is 122 Å². The Morgan fingerprint density at radius 2 is 1.90 bits per heavy atom. The van der Waals surface area contributed by atoms with Gasteiger partial charge >= 0.3 is 0 Å². The number of hydrogen-bond acceptors (Lipinski definition) is 5. The molecule has 0 unspecified atom stereocenters. The van der Waals surface area contributed by atoms with Gasteiger partial charge in [0.05, 0.1) is 10.6 Å². The summed E-state index contributed by atoms with van der Waals surface area (Å²) in [6, 6.07) is 9.76. The van der Waals surface area contributed by atoms with Crippen molar-refractivity contribution in [3.8, 4) is 5.75 Å². The van der Waals surface area contributed by atoms with Crippen molar-refractivity contribution in [2.75, 3.05) is 10.5 Å². The van der Waals surface area contributed by atoms with Crippen LogP contribution in [0.4, 0.5) is 11.4 Å². The molecule has 21 heavy (non-hydrogen) atoms. The Kier molecular flexibility index (Phi) is 3.86. The van der Waals surface area contributed by atoms with Gasteiger partial charge in [-0.25, -0.2) is 8.42 Å². The van der Waals surface area contributed by atoms with Crippen molar-refractivity contribution in [3.63, 3.8) is 0 Å². The maximum absolute atomic E-state index is 12.2. The highest BCUT2D eigenvalue weighted by molar-refractivity contribution is 7.92. The summed E-state index contributed by atoms with van der Waals surface area (Å²) in [5, 5.41) is 9.32. The van der Waals surface area contributed by atoms with E-state index in [9.17, 15) is 18.3 Å². The number of Topliss-reactive ketones (excluding diaryl/α,β-unsaturated/α-hetero) is 1. The first kappa shape index (κ1) is 14.9. The van der Waals surface area contributed by atoms with E-state index in [2.05, 4.69) is 4.72 Å². The molecule has 0 amide bonds. The largest absolute Gasteiger partial charge is 0.506 e. The minimum Gasteiger partial charge on any atom is -0.506 e. The molecule has 0 spiro atoms. The lowest BCUT2D eigenvalue weighted by molar-refractivity contribution is 0.101. The molecular formula is C14H14N2O4S. The SMILES string of the molecule is CC(=O)c1cccc(NS(=O)(=O)c2ccc(O)c(N)c2)c1. The van der Waals surface area contributed by atoms with Crippen LogP contribution in [0.3, 0.4) is 0 Å². The van der Waals surface area contributed by atoms with Crippen LogP contribution in [0.25, 0.3) is 0 Å². The number of nitrogen functional groups attached to an aromatic ring is 1. The Hall–Kier alpha value is -2.54. The molecular weight excluding hydrogens is 292 g/mol. The van der Waals surface area contributed by atoms with Crippen molar-refractivity contribution in [3.05, 3.63) is 48.0 Å². The lowest BCUT2D eigenvalue weighted by Gasteiger charge is -2.10. The van der Waals surface area contributed by atoms with Gasteiger partial charge in [0, 0.05) is 11.3 Å². The predicted octanol–water partition coefficient (Wildman–Crippen LogP) is 1.98. The fourth-order valence-corrected chi connectivity index (χ4v) is 2.80. The fourth-order valence-electron chi connectivity index (χ4n) is 1.72. The third-order valence-electron chi connectivity index (χ3n) is 2.83. The van der Waals surface area contributed by atoms with E-state index in [0.29, 0.717) is 5.56 Å². The number of aromatic hydroxyl groups is 1. The van der Waals surface area contributed by atoms with E-state index in [4.69, 9.17) is 5.73 Å². The molecule has 0 saturated carbocycles. The minimum absolute atomic E-state index is 0.0321. The second kappa shape index (κ2) is 5.45. The highest BCUT2D eigenvalue weighted by Gasteiger charge is 2.16. The van der Waals surface area contributed by atoms with Crippen molar-refractivity contribution in [2.45, 2.75) is 11.8 Å². The van der Waals surface area contributed by atoms with E-state index >= 15 is 0 Å². The number of anilines is 2. The fraction of sp³-hybridized carbons (Fsp3) is 0.0714. The van der Waals surface area contributed by atoms with Crippen LogP contribution < -0.4 is 10.5 Å². The summed E-state index contributed by atoms with van der Waals surface area (Å²) in [5.74, 6) is -0.350. The average Bonchev–Trinajstić information content (AvgIpc) is 2.41. The van der Waals surface area contributed by atoms with Crippen molar-refractivity contribution in [1.82, 2.24) is 0 Å². The summed E-state index contributed by atoms with van der Waals surface area (Å²) in [6.45, 7) is 1.40. The molecule has 0 atom stereocenters. The number of rotatable bonds is 4. The van der Waals surface area contributed by atoms with E-state index in [1.54, 1.807) is 12.1 Å². The zero-order valence-corrected chi connectivity index (χ0v) is 12.0. The number of ketones is 1. The number of nitrogens with two attached hydrogens (primary N) is 1. The Morgan fingerprint density at radius 1 is 1.19 bits per heavy atom. The van der Waals surface area contributed by atoms with Gasteiger partial charge in [0.15, 0.2) is 5.78 Å². The van der Waals surface area contributed by atoms with Crippen molar-refractivity contribution >= 4 is 27.2 Å². The zero-order chi connectivity index (χ0) is 15.6. The third-order valence-corrected chi connectivity index (χ3v) is 4.21. The van der Waals surface area contributed by atoms with E-state index in [-0.39, 0.29) is 27.8 Å². The molecule has 4 N–H and O–H groups in total. The molecule has 0 bridgehead atoms. The van der Waals surface area contributed by atoms with E-state index in [0.717, 1.165) is 6.07 Å². The van der Waals surface area contributed by atoms with E-state index in [1.165, 1.54) is 31.2 Å². The summed E-state index contributed by atoms with van der Waals surface area (Å²) in [5.41, 5.74) is 6.13. The van der Waals surface area contributed by atoms with Crippen LogP contribution in [-0.4, -0.2) is 19.3 Å². The van der Waals surface area contributed by atoms with Gasteiger partial charge in [0.2, 0.25) is 0 Å². The highest BCUT2D eigenvalue weighted by Crippen LogP contribution is 2.24. The van der Waals surface area contributed by atoms with Gasteiger partial charge in [-0.2, -0.15) is 0 Å². The molecule has 110 valence electrons. The quantitative estimate of drug-likeness (QED) is 0.454. The van der Waals surface area contributed by atoms with Gasteiger partial charge in [-0.1, -0.05) is 12.1 Å². The van der Waals surface area contributed by atoms with Crippen LogP contribution in [0.15, 0.2) is 47.4 Å². The maximum Gasteiger partial charge on any atom is 0.261 e. The van der Waals surface area contributed by atoms with Crippen LogP contribution in [-0.2, 0) is 10.0 Å². The lowest BCUT2D eigenvalue weighted by Crippen LogP contribution is -2.13.